The summed E-state index contributed by atoms with van der Waals surface area (Å²) in [4.78, 5) is 0. The van der Waals surface area contributed by atoms with Crippen LogP contribution in [-0.4, -0.2) is 76.7 Å². The number of ether oxygens (including phenoxy) is 2. The Balaban J connectivity index is 0.00000361. The highest BCUT2D eigenvalue weighted by molar-refractivity contribution is 7.86. The molecule has 122 valence electrons. The van der Waals surface area contributed by atoms with E-state index in [4.69, 9.17) is 15.2 Å². The van der Waals surface area contributed by atoms with Gasteiger partial charge in [-0.1, -0.05) is 0 Å². The van der Waals surface area contributed by atoms with Crippen molar-refractivity contribution < 1.29 is 17.9 Å². The normalized spacial score (nSPS) is 20.3. The van der Waals surface area contributed by atoms with E-state index >= 15 is 0 Å². The molecule has 0 radical (unpaired) electrons. The Morgan fingerprint density at radius 1 is 1.25 bits per heavy atom. The van der Waals surface area contributed by atoms with Gasteiger partial charge in [-0.25, -0.2) is 0 Å². The van der Waals surface area contributed by atoms with Crippen molar-refractivity contribution in [2.24, 2.45) is 5.73 Å². The Bertz CT molecular complexity index is 348. The average molecular weight is 332 g/mol. The molecule has 0 bridgehead atoms. The highest BCUT2D eigenvalue weighted by Crippen LogP contribution is 2.22. The first kappa shape index (κ1) is 20.0. The maximum Gasteiger partial charge on any atom is 0.282 e. The van der Waals surface area contributed by atoms with Crippen molar-refractivity contribution in [1.82, 2.24) is 8.61 Å². The lowest BCUT2D eigenvalue weighted by molar-refractivity contribution is 0.146. The summed E-state index contributed by atoms with van der Waals surface area (Å²) in [5.41, 5.74) is 5.65. The predicted octanol–water partition coefficient (Wildman–Crippen LogP) is -0.329. The molecule has 1 aliphatic heterocycles. The van der Waals surface area contributed by atoms with Crippen LogP contribution in [0, 0.1) is 0 Å². The second-order valence-corrected chi connectivity index (χ2v) is 6.42. The van der Waals surface area contributed by atoms with Gasteiger partial charge in [0, 0.05) is 46.4 Å². The summed E-state index contributed by atoms with van der Waals surface area (Å²) in [6, 6.07) is -0.0856. The van der Waals surface area contributed by atoms with Crippen LogP contribution >= 0.6 is 12.4 Å². The van der Waals surface area contributed by atoms with E-state index in [9.17, 15) is 8.42 Å². The Morgan fingerprint density at radius 3 is 2.25 bits per heavy atom. The van der Waals surface area contributed by atoms with Crippen molar-refractivity contribution >= 4 is 22.6 Å². The second kappa shape index (κ2) is 9.88. The van der Waals surface area contributed by atoms with Gasteiger partial charge in [0.1, 0.15) is 0 Å². The topological polar surface area (TPSA) is 85.1 Å². The highest BCUT2D eigenvalue weighted by atomic mass is 35.5. The van der Waals surface area contributed by atoms with Crippen LogP contribution in [0.4, 0.5) is 0 Å². The minimum atomic E-state index is -3.48. The van der Waals surface area contributed by atoms with E-state index in [1.54, 1.807) is 14.2 Å². The number of rotatable bonds is 9. The number of hydrogen-bond donors (Lipinski definition) is 1. The molecule has 1 rings (SSSR count). The van der Waals surface area contributed by atoms with Crippen molar-refractivity contribution in [3.8, 4) is 0 Å². The van der Waals surface area contributed by atoms with Gasteiger partial charge in [0.05, 0.1) is 13.2 Å². The molecule has 1 fully saturated rings. The molecule has 0 aromatic carbocycles. The summed E-state index contributed by atoms with van der Waals surface area (Å²) >= 11 is 0. The standard InChI is InChI=1S/C11H25N3O4S.ClH/c1-17-8-6-13(7-9-18-2)19(15,16)14-5-3-4-11(14)10-12;/h11H,3-10,12H2,1-2H3;1H. The smallest absolute Gasteiger partial charge is 0.282 e. The summed E-state index contributed by atoms with van der Waals surface area (Å²) in [5, 5.41) is 0. The molecule has 0 aromatic heterocycles. The van der Waals surface area contributed by atoms with Crippen molar-refractivity contribution in [3.63, 3.8) is 0 Å². The van der Waals surface area contributed by atoms with E-state index in [0.717, 1.165) is 12.8 Å². The molecule has 0 saturated carbocycles. The summed E-state index contributed by atoms with van der Waals surface area (Å²) in [5.74, 6) is 0. The van der Waals surface area contributed by atoms with Crippen LogP contribution in [0.5, 0.6) is 0 Å². The zero-order valence-corrected chi connectivity index (χ0v) is 13.8. The van der Waals surface area contributed by atoms with Crippen LogP contribution in [-0.2, 0) is 19.7 Å². The van der Waals surface area contributed by atoms with Gasteiger partial charge >= 0.3 is 0 Å². The Hall–Kier alpha value is 0.0400. The van der Waals surface area contributed by atoms with Gasteiger partial charge in [-0.05, 0) is 12.8 Å². The summed E-state index contributed by atoms with van der Waals surface area (Å²) in [6.45, 7) is 2.29. The van der Waals surface area contributed by atoms with Gasteiger partial charge < -0.3 is 15.2 Å². The van der Waals surface area contributed by atoms with Crippen molar-refractivity contribution in [2.45, 2.75) is 18.9 Å². The number of hydrogen-bond acceptors (Lipinski definition) is 5. The molecular formula is C11H26ClN3O4S. The van der Waals surface area contributed by atoms with Crippen LogP contribution in [0.2, 0.25) is 0 Å². The first-order valence-electron chi connectivity index (χ1n) is 6.52. The molecule has 1 aliphatic rings. The molecule has 1 atom stereocenters. The third-order valence-corrected chi connectivity index (χ3v) is 5.40. The van der Waals surface area contributed by atoms with E-state index in [1.807, 2.05) is 0 Å². The number of methoxy groups -OCH3 is 2. The summed E-state index contributed by atoms with van der Waals surface area (Å²) < 4.78 is 38.1. The van der Waals surface area contributed by atoms with Crippen LogP contribution in [0.1, 0.15) is 12.8 Å². The maximum absolute atomic E-state index is 12.6. The lowest BCUT2D eigenvalue weighted by atomic mass is 10.2. The van der Waals surface area contributed by atoms with E-state index in [1.165, 1.54) is 8.61 Å². The van der Waals surface area contributed by atoms with E-state index in [2.05, 4.69) is 0 Å². The van der Waals surface area contributed by atoms with Gasteiger partial charge in [0.25, 0.3) is 10.2 Å². The van der Waals surface area contributed by atoms with Gasteiger partial charge in [0.15, 0.2) is 0 Å². The zero-order valence-electron chi connectivity index (χ0n) is 12.2. The minimum Gasteiger partial charge on any atom is -0.383 e. The van der Waals surface area contributed by atoms with E-state index in [0.29, 0.717) is 39.4 Å². The van der Waals surface area contributed by atoms with Gasteiger partial charge in [-0.15, -0.1) is 12.4 Å². The van der Waals surface area contributed by atoms with Crippen LogP contribution in [0.25, 0.3) is 0 Å². The SMILES string of the molecule is COCCN(CCOC)S(=O)(=O)N1CCCC1CN.Cl. The molecule has 20 heavy (non-hydrogen) atoms. The fourth-order valence-electron chi connectivity index (χ4n) is 2.23. The first-order valence-corrected chi connectivity index (χ1v) is 7.92. The first-order chi connectivity index (χ1) is 9.07. The highest BCUT2D eigenvalue weighted by Gasteiger charge is 2.37. The van der Waals surface area contributed by atoms with Crippen molar-refractivity contribution in [1.29, 1.82) is 0 Å². The fraction of sp³-hybridized carbons (Fsp3) is 1.00. The van der Waals surface area contributed by atoms with Crippen molar-refractivity contribution in [3.05, 3.63) is 0 Å². The van der Waals surface area contributed by atoms with Crippen molar-refractivity contribution in [2.75, 3.05) is 53.6 Å². The Morgan fingerprint density at radius 2 is 1.80 bits per heavy atom. The van der Waals surface area contributed by atoms with E-state index < -0.39 is 10.2 Å². The molecule has 9 heteroatoms. The maximum atomic E-state index is 12.6. The molecule has 2 N–H and O–H groups in total. The van der Waals surface area contributed by atoms with Crippen LogP contribution in [0.15, 0.2) is 0 Å². The number of nitrogens with zero attached hydrogens (tertiary/aromatic N) is 2. The average Bonchev–Trinajstić information content (AvgIpc) is 2.87. The predicted molar refractivity (Wildman–Crippen MR) is 80.3 cm³/mol. The molecule has 0 amide bonds. The molecule has 0 aromatic rings. The minimum absolute atomic E-state index is 0. The molecule has 1 heterocycles. The molecule has 0 aliphatic carbocycles. The molecule has 1 saturated heterocycles. The van der Waals surface area contributed by atoms with Crippen LogP contribution in [0.3, 0.4) is 0 Å². The summed E-state index contributed by atoms with van der Waals surface area (Å²) in [6.07, 6.45) is 1.70. The monoisotopic (exact) mass is 331 g/mol. The Labute approximate surface area is 128 Å². The molecular weight excluding hydrogens is 306 g/mol. The van der Waals surface area contributed by atoms with E-state index in [-0.39, 0.29) is 18.4 Å². The fourth-order valence-corrected chi connectivity index (χ4v) is 4.06. The number of halogens is 1. The molecule has 0 spiro atoms. The third kappa shape index (κ3) is 5.10. The molecule has 1 unspecified atom stereocenters. The zero-order chi connectivity index (χ0) is 14.3. The summed E-state index contributed by atoms with van der Waals surface area (Å²) in [7, 11) is -0.369. The van der Waals surface area contributed by atoms with Gasteiger partial charge in [0.2, 0.25) is 0 Å². The lowest BCUT2D eigenvalue weighted by Crippen LogP contribution is -2.49. The number of nitrogens with two attached hydrogens (primary N) is 1. The Kier molecular flexibility index (Phi) is 9.90. The second-order valence-electron chi connectivity index (χ2n) is 4.53. The quantitative estimate of drug-likeness (QED) is 0.625. The third-order valence-electron chi connectivity index (χ3n) is 3.31. The largest absolute Gasteiger partial charge is 0.383 e. The lowest BCUT2D eigenvalue weighted by Gasteiger charge is -2.30. The van der Waals surface area contributed by atoms with Gasteiger partial charge in [-0.3, -0.25) is 0 Å². The molecule has 7 nitrogen and oxygen atoms in total. The van der Waals surface area contributed by atoms with Crippen LogP contribution < -0.4 is 5.73 Å². The van der Waals surface area contributed by atoms with Gasteiger partial charge in [-0.2, -0.15) is 17.0 Å².